The van der Waals surface area contributed by atoms with Gasteiger partial charge >= 0.3 is 11.8 Å². The van der Waals surface area contributed by atoms with E-state index in [0.717, 1.165) is 17.5 Å². The van der Waals surface area contributed by atoms with Crippen molar-refractivity contribution >= 4 is 17.5 Å². The van der Waals surface area contributed by atoms with Gasteiger partial charge in [0.2, 0.25) is 0 Å². The highest BCUT2D eigenvalue weighted by atomic mass is 16.2. The van der Waals surface area contributed by atoms with Crippen LogP contribution in [-0.2, 0) is 16.1 Å². The topological polar surface area (TPSA) is 80.2 Å². The highest BCUT2D eigenvalue weighted by molar-refractivity contribution is 6.39. The monoisotopic (exact) mass is 339 g/mol. The zero-order valence-electron chi connectivity index (χ0n) is 14.3. The van der Waals surface area contributed by atoms with Gasteiger partial charge in [0.1, 0.15) is 5.69 Å². The number of pyridine rings is 1. The molecule has 1 aromatic heterocycles. The van der Waals surface area contributed by atoms with Crippen molar-refractivity contribution in [2.24, 2.45) is 5.92 Å². The summed E-state index contributed by atoms with van der Waals surface area (Å²) in [5, 5.41) is 5.05. The summed E-state index contributed by atoms with van der Waals surface area (Å²) in [6, 6.07) is 11.1. The van der Waals surface area contributed by atoms with E-state index in [1.165, 1.54) is 10.6 Å². The number of rotatable bonds is 4. The van der Waals surface area contributed by atoms with E-state index in [9.17, 15) is 14.4 Å². The Morgan fingerprint density at radius 1 is 1.16 bits per heavy atom. The SMILES string of the molecule is Cc1ccc(Cn2cccc(NC(=O)C(=O)NC3CC3C)c2=O)cc1. The lowest BCUT2D eigenvalue weighted by atomic mass is 10.1. The Hall–Kier alpha value is -2.89. The Kier molecular flexibility index (Phi) is 4.70. The van der Waals surface area contributed by atoms with Gasteiger partial charge in [0.15, 0.2) is 0 Å². The summed E-state index contributed by atoms with van der Waals surface area (Å²) in [4.78, 5) is 36.3. The van der Waals surface area contributed by atoms with Gasteiger partial charge in [-0.2, -0.15) is 0 Å². The molecular formula is C19H21N3O3. The van der Waals surface area contributed by atoms with Gasteiger partial charge < -0.3 is 15.2 Å². The summed E-state index contributed by atoms with van der Waals surface area (Å²) in [6.07, 6.45) is 2.54. The lowest BCUT2D eigenvalue weighted by Gasteiger charge is -2.10. The van der Waals surface area contributed by atoms with Crippen molar-refractivity contribution in [1.82, 2.24) is 9.88 Å². The van der Waals surface area contributed by atoms with Crippen molar-refractivity contribution < 1.29 is 9.59 Å². The Morgan fingerprint density at radius 3 is 2.48 bits per heavy atom. The first kappa shape index (κ1) is 17.0. The lowest BCUT2D eigenvalue weighted by molar-refractivity contribution is -0.136. The third-order valence-corrected chi connectivity index (χ3v) is 4.37. The molecule has 6 heteroatoms. The normalized spacial score (nSPS) is 18.5. The predicted molar refractivity (Wildman–Crippen MR) is 95.3 cm³/mol. The van der Waals surface area contributed by atoms with Gasteiger partial charge in [-0.25, -0.2) is 0 Å². The highest BCUT2D eigenvalue weighted by Gasteiger charge is 2.35. The summed E-state index contributed by atoms with van der Waals surface area (Å²) in [5.74, 6) is -1.12. The van der Waals surface area contributed by atoms with Gasteiger partial charge in [-0.3, -0.25) is 14.4 Å². The first-order valence-electron chi connectivity index (χ1n) is 8.31. The van der Waals surface area contributed by atoms with Crippen LogP contribution >= 0.6 is 0 Å². The van der Waals surface area contributed by atoms with E-state index in [1.54, 1.807) is 12.3 Å². The van der Waals surface area contributed by atoms with Gasteiger partial charge in [0.25, 0.3) is 5.56 Å². The number of amides is 2. The van der Waals surface area contributed by atoms with Gasteiger partial charge in [0.05, 0.1) is 6.54 Å². The quantitative estimate of drug-likeness (QED) is 0.832. The maximum Gasteiger partial charge on any atom is 0.313 e. The van der Waals surface area contributed by atoms with Crippen molar-refractivity contribution in [2.75, 3.05) is 5.32 Å². The molecule has 6 nitrogen and oxygen atoms in total. The molecule has 25 heavy (non-hydrogen) atoms. The molecule has 130 valence electrons. The van der Waals surface area contributed by atoms with E-state index in [-0.39, 0.29) is 17.3 Å². The number of nitrogens with zero attached hydrogens (tertiary/aromatic N) is 1. The first-order valence-corrected chi connectivity index (χ1v) is 8.31. The summed E-state index contributed by atoms with van der Waals surface area (Å²) in [7, 11) is 0. The van der Waals surface area contributed by atoms with E-state index in [4.69, 9.17) is 0 Å². The fraction of sp³-hybridized carbons (Fsp3) is 0.316. The number of hydrogen-bond acceptors (Lipinski definition) is 3. The zero-order chi connectivity index (χ0) is 18.0. The van der Waals surface area contributed by atoms with Gasteiger partial charge in [-0.15, -0.1) is 0 Å². The van der Waals surface area contributed by atoms with Crippen molar-refractivity contribution in [1.29, 1.82) is 0 Å². The number of carbonyl (C=O) groups excluding carboxylic acids is 2. The van der Waals surface area contributed by atoms with Crippen LogP contribution in [0.4, 0.5) is 5.69 Å². The molecule has 2 aromatic rings. The Labute approximate surface area is 145 Å². The van der Waals surface area contributed by atoms with Crippen molar-refractivity contribution in [3.05, 3.63) is 64.1 Å². The molecule has 2 unspecified atom stereocenters. The molecule has 1 heterocycles. The number of aromatic nitrogens is 1. The molecule has 0 aliphatic heterocycles. The van der Waals surface area contributed by atoms with Crippen LogP contribution in [0.15, 0.2) is 47.4 Å². The second-order valence-corrected chi connectivity index (χ2v) is 6.59. The second kappa shape index (κ2) is 6.93. The van der Waals surface area contributed by atoms with Crippen LogP contribution in [0.25, 0.3) is 0 Å². The number of carbonyl (C=O) groups is 2. The average molecular weight is 339 g/mol. The summed E-state index contributed by atoms with van der Waals surface area (Å²) in [5.41, 5.74) is 1.88. The number of hydrogen-bond donors (Lipinski definition) is 2. The summed E-state index contributed by atoms with van der Waals surface area (Å²) < 4.78 is 1.50. The Bertz CT molecular complexity index is 855. The number of anilines is 1. The molecule has 2 N–H and O–H groups in total. The second-order valence-electron chi connectivity index (χ2n) is 6.59. The Balaban J connectivity index is 1.70. The van der Waals surface area contributed by atoms with E-state index in [2.05, 4.69) is 10.6 Å². The molecule has 0 bridgehead atoms. The molecule has 3 rings (SSSR count). The molecule has 0 saturated heterocycles. The van der Waals surface area contributed by atoms with Crippen molar-refractivity contribution in [3.63, 3.8) is 0 Å². The maximum absolute atomic E-state index is 12.5. The van der Waals surface area contributed by atoms with E-state index in [1.807, 2.05) is 38.1 Å². The molecular weight excluding hydrogens is 318 g/mol. The summed E-state index contributed by atoms with van der Waals surface area (Å²) in [6.45, 7) is 4.40. The zero-order valence-corrected chi connectivity index (χ0v) is 14.3. The summed E-state index contributed by atoms with van der Waals surface area (Å²) >= 11 is 0. The minimum atomic E-state index is -0.815. The van der Waals surface area contributed by atoms with Crippen LogP contribution in [0.2, 0.25) is 0 Å². The third kappa shape index (κ3) is 4.15. The van der Waals surface area contributed by atoms with E-state index >= 15 is 0 Å². The fourth-order valence-electron chi connectivity index (χ4n) is 2.58. The fourth-order valence-corrected chi connectivity index (χ4v) is 2.58. The van der Waals surface area contributed by atoms with Crippen LogP contribution in [-0.4, -0.2) is 22.4 Å². The minimum Gasteiger partial charge on any atom is -0.345 e. The molecule has 0 spiro atoms. The van der Waals surface area contributed by atoms with Crippen LogP contribution in [0.3, 0.4) is 0 Å². The lowest BCUT2D eigenvalue weighted by Crippen LogP contribution is -2.38. The number of nitrogens with one attached hydrogen (secondary N) is 2. The largest absolute Gasteiger partial charge is 0.345 e. The highest BCUT2D eigenvalue weighted by Crippen LogP contribution is 2.28. The van der Waals surface area contributed by atoms with E-state index in [0.29, 0.717) is 12.5 Å². The molecule has 1 fully saturated rings. The van der Waals surface area contributed by atoms with Crippen LogP contribution in [0, 0.1) is 12.8 Å². The van der Waals surface area contributed by atoms with Crippen LogP contribution in [0.5, 0.6) is 0 Å². The van der Waals surface area contributed by atoms with E-state index < -0.39 is 11.8 Å². The van der Waals surface area contributed by atoms with Crippen LogP contribution < -0.4 is 16.2 Å². The maximum atomic E-state index is 12.5. The molecule has 2 amide bonds. The first-order chi connectivity index (χ1) is 11.9. The van der Waals surface area contributed by atoms with Gasteiger partial charge in [-0.05, 0) is 37.0 Å². The minimum absolute atomic E-state index is 0.0622. The molecule has 1 aromatic carbocycles. The molecule has 0 radical (unpaired) electrons. The molecule has 2 atom stereocenters. The Morgan fingerprint density at radius 2 is 1.84 bits per heavy atom. The van der Waals surface area contributed by atoms with Gasteiger partial charge in [0, 0.05) is 12.2 Å². The van der Waals surface area contributed by atoms with Crippen LogP contribution in [0.1, 0.15) is 24.5 Å². The standard InChI is InChI=1S/C19H21N3O3/c1-12-5-7-14(8-6-12)11-22-9-3-4-15(19(22)25)20-17(23)18(24)21-16-10-13(16)2/h3-9,13,16H,10-11H2,1-2H3,(H,20,23)(H,21,24). The van der Waals surface area contributed by atoms with Crippen molar-refractivity contribution in [2.45, 2.75) is 32.9 Å². The third-order valence-electron chi connectivity index (χ3n) is 4.37. The predicted octanol–water partition coefficient (Wildman–Crippen LogP) is 1.67. The smallest absolute Gasteiger partial charge is 0.313 e. The number of benzene rings is 1. The van der Waals surface area contributed by atoms with Crippen molar-refractivity contribution in [3.8, 4) is 0 Å². The molecule has 1 aliphatic rings. The van der Waals surface area contributed by atoms with Gasteiger partial charge in [-0.1, -0.05) is 36.8 Å². The molecule has 1 aliphatic carbocycles. The average Bonchev–Trinajstić information content (AvgIpc) is 3.28. The number of aryl methyl sites for hydroxylation is 1. The molecule has 1 saturated carbocycles.